The number of hydrogen-bond donors (Lipinski definition) is 1. The van der Waals surface area contributed by atoms with E-state index in [4.69, 9.17) is 10.5 Å². The second-order valence-corrected chi connectivity index (χ2v) is 8.92. The molecule has 1 aliphatic carbocycles. The van der Waals surface area contributed by atoms with E-state index in [-0.39, 0.29) is 5.56 Å². The quantitative estimate of drug-likeness (QED) is 0.349. The van der Waals surface area contributed by atoms with Crippen molar-refractivity contribution in [3.63, 3.8) is 0 Å². The lowest BCUT2D eigenvalue weighted by Gasteiger charge is -2.35. The molecule has 0 saturated heterocycles. The molecule has 0 heterocycles. The lowest BCUT2D eigenvalue weighted by molar-refractivity contribution is 0.0172. The van der Waals surface area contributed by atoms with Gasteiger partial charge in [-0.1, -0.05) is 67.1 Å². The van der Waals surface area contributed by atoms with Gasteiger partial charge in [0.2, 0.25) is 0 Å². The Morgan fingerprint density at radius 2 is 1.82 bits per heavy atom. The summed E-state index contributed by atoms with van der Waals surface area (Å²) >= 11 is 0. The number of allylic oxidation sites excluding steroid dienone is 2. The number of hydrogen-bond acceptors (Lipinski definition) is 2. The van der Waals surface area contributed by atoms with Crippen LogP contribution in [0.5, 0.6) is 0 Å². The Kier molecular flexibility index (Phi) is 9.75. The van der Waals surface area contributed by atoms with Gasteiger partial charge in [-0.2, -0.15) is 0 Å². The van der Waals surface area contributed by atoms with E-state index in [0.29, 0.717) is 5.84 Å². The summed E-state index contributed by atoms with van der Waals surface area (Å²) in [5.41, 5.74) is 10.2. The first-order valence-electron chi connectivity index (χ1n) is 11.8. The van der Waals surface area contributed by atoms with Gasteiger partial charge < -0.3 is 10.5 Å². The fraction of sp³-hybridized carbons (Fsp3) is 0.414. The van der Waals surface area contributed by atoms with Crippen LogP contribution in [0.25, 0.3) is 5.57 Å². The molecule has 0 fully saturated rings. The molecule has 0 radical (unpaired) electrons. The zero-order chi connectivity index (χ0) is 25.4. The molecule has 34 heavy (non-hydrogen) atoms. The Morgan fingerprint density at radius 1 is 1.15 bits per heavy atom. The first-order valence-corrected chi connectivity index (χ1v) is 11.8. The molecule has 2 N–H and O–H groups in total. The molecule has 1 atom stereocenters. The SMILES string of the molecule is CCc1ccccc1.COC1(/N=C(\C)N)CCCC(C)=C1/C=C(\C)c1cccc(C(C)(F)F)c1. The molecular formula is C29H38F2N2O. The zero-order valence-corrected chi connectivity index (χ0v) is 21.3. The smallest absolute Gasteiger partial charge is 0.270 e. The highest BCUT2D eigenvalue weighted by Crippen LogP contribution is 2.40. The van der Waals surface area contributed by atoms with E-state index in [1.54, 1.807) is 20.1 Å². The van der Waals surface area contributed by atoms with Crippen molar-refractivity contribution < 1.29 is 13.5 Å². The Bertz CT molecular complexity index is 1030. The maximum absolute atomic E-state index is 13.7. The monoisotopic (exact) mass is 468 g/mol. The molecule has 5 heteroatoms. The third kappa shape index (κ3) is 7.36. The van der Waals surface area contributed by atoms with Gasteiger partial charge in [0.1, 0.15) is 0 Å². The molecule has 1 unspecified atom stereocenters. The molecule has 3 rings (SSSR count). The summed E-state index contributed by atoms with van der Waals surface area (Å²) in [4.78, 5) is 4.57. The van der Waals surface area contributed by atoms with Crippen LogP contribution in [0.4, 0.5) is 8.78 Å². The molecule has 0 aliphatic heterocycles. The van der Waals surface area contributed by atoms with Crippen LogP contribution in [0.15, 0.2) is 76.8 Å². The van der Waals surface area contributed by atoms with E-state index >= 15 is 0 Å². The first-order chi connectivity index (χ1) is 16.0. The Balaban J connectivity index is 0.000000430. The van der Waals surface area contributed by atoms with Crippen molar-refractivity contribution in [1.29, 1.82) is 0 Å². The predicted molar refractivity (Wildman–Crippen MR) is 139 cm³/mol. The minimum absolute atomic E-state index is 0.00549. The second-order valence-electron chi connectivity index (χ2n) is 8.92. The standard InChI is InChI=1S/C21H28F2N2O.C8H10/c1-14-8-7-11-21(26-5,25-16(3)24)19(14)12-15(2)17-9-6-10-18(13-17)20(4,22)23;1-2-8-6-4-3-5-7-8/h6,9-10,12-13H,7-8,11H2,1-5H3,(H2,24,25);3-7H,2H2,1H3/b15-12+;. The second kappa shape index (κ2) is 12.1. The normalized spacial score (nSPS) is 19.5. The van der Waals surface area contributed by atoms with Crippen LogP contribution in [-0.4, -0.2) is 18.7 Å². The summed E-state index contributed by atoms with van der Waals surface area (Å²) in [7, 11) is 1.63. The summed E-state index contributed by atoms with van der Waals surface area (Å²) in [5, 5.41) is 0. The van der Waals surface area contributed by atoms with Gasteiger partial charge in [-0.25, -0.2) is 13.8 Å². The van der Waals surface area contributed by atoms with Crippen molar-refractivity contribution in [2.75, 3.05) is 7.11 Å². The van der Waals surface area contributed by atoms with Crippen LogP contribution in [0.3, 0.4) is 0 Å². The van der Waals surface area contributed by atoms with Crippen molar-refractivity contribution in [3.05, 3.63) is 88.5 Å². The van der Waals surface area contributed by atoms with Gasteiger partial charge in [0.25, 0.3) is 5.92 Å². The fourth-order valence-electron chi connectivity index (χ4n) is 4.14. The number of aryl methyl sites for hydroxylation is 1. The van der Waals surface area contributed by atoms with Gasteiger partial charge in [0.05, 0.1) is 5.84 Å². The Labute approximate surface area is 203 Å². The van der Waals surface area contributed by atoms with E-state index in [1.807, 2.05) is 25.1 Å². The lowest BCUT2D eigenvalue weighted by Crippen LogP contribution is -2.36. The summed E-state index contributed by atoms with van der Waals surface area (Å²) in [5.74, 6) is -2.41. The topological polar surface area (TPSA) is 47.6 Å². The van der Waals surface area contributed by atoms with Crippen LogP contribution in [0, 0.1) is 0 Å². The molecule has 0 saturated carbocycles. The maximum atomic E-state index is 13.7. The van der Waals surface area contributed by atoms with E-state index < -0.39 is 11.6 Å². The van der Waals surface area contributed by atoms with Gasteiger partial charge in [-0.3, -0.25) is 0 Å². The number of amidine groups is 1. The lowest BCUT2D eigenvalue weighted by atomic mass is 9.83. The maximum Gasteiger partial charge on any atom is 0.270 e. The molecule has 0 amide bonds. The molecule has 184 valence electrons. The highest BCUT2D eigenvalue weighted by atomic mass is 19.3. The van der Waals surface area contributed by atoms with Gasteiger partial charge >= 0.3 is 0 Å². The zero-order valence-electron chi connectivity index (χ0n) is 21.3. The van der Waals surface area contributed by atoms with Crippen LogP contribution in [0.2, 0.25) is 0 Å². The van der Waals surface area contributed by atoms with Crippen molar-refractivity contribution in [2.45, 2.75) is 71.9 Å². The number of nitrogens with zero attached hydrogens (tertiary/aromatic N) is 1. The summed E-state index contributed by atoms with van der Waals surface area (Å²) in [6.07, 6.45) is 5.79. The molecule has 0 spiro atoms. The minimum Gasteiger partial charge on any atom is -0.388 e. The summed E-state index contributed by atoms with van der Waals surface area (Å²) in [6.45, 7) is 8.79. The number of rotatable bonds is 6. The Morgan fingerprint density at radius 3 is 2.35 bits per heavy atom. The summed E-state index contributed by atoms with van der Waals surface area (Å²) < 4.78 is 33.1. The molecule has 2 aromatic carbocycles. The number of alkyl halides is 2. The number of benzene rings is 2. The number of methoxy groups -OCH3 is 1. The molecule has 2 aromatic rings. The highest BCUT2D eigenvalue weighted by Gasteiger charge is 2.36. The van der Waals surface area contributed by atoms with Gasteiger partial charge in [-0.05, 0) is 62.8 Å². The van der Waals surface area contributed by atoms with Crippen LogP contribution >= 0.6 is 0 Å². The fourth-order valence-corrected chi connectivity index (χ4v) is 4.14. The molecular weight excluding hydrogens is 430 g/mol. The summed E-state index contributed by atoms with van der Waals surface area (Å²) in [6, 6.07) is 16.9. The van der Waals surface area contributed by atoms with Crippen molar-refractivity contribution in [2.24, 2.45) is 10.7 Å². The molecule has 1 aliphatic rings. The number of ether oxygens (including phenoxy) is 1. The number of aliphatic imine (C=N–C) groups is 1. The largest absolute Gasteiger partial charge is 0.388 e. The number of nitrogens with two attached hydrogens (primary N) is 1. The van der Waals surface area contributed by atoms with Crippen LogP contribution in [0.1, 0.15) is 70.6 Å². The van der Waals surface area contributed by atoms with E-state index in [2.05, 4.69) is 43.1 Å². The minimum atomic E-state index is -2.87. The van der Waals surface area contributed by atoms with Gasteiger partial charge in [-0.15, -0.1) is 0 Å². The van der Waals surface area contributed by atoms with Crippen LogP contribution in [-0.2, 0) is 17.1 Å². The molecule has 3 nitrogen and oxygen atoms in total. The van der Waals surface area contributed by atoms with Crippen molar-refractivity contribution in [1.82, 2.24) is 0 Å². The third-order valence-corrected chi connectivity index (χ3v) is 6.08. The van der Waals surface area contributed by atoms with Crippen LogP contribution < -0.4 is 5.73 Å². The average Bonchev–Trinajstić information content (AvgIpc) is 2.81. The van der Waals surface area contributed by atoms with Crippen molar-refractivity contribution >= 4 is 11.4 Å². The number of halogens is 2. The van der Waals surface area contributed by atoms with Crippen molar-refractivity contribution in [3.8, 4) is 0 Å². The first kappa shape index (κ1) is 27.5. The third-order valence-electron chi connectivity index (χ3n) is 6.08. The Hall–Kier alpha value is -2.79. The highest BCUT2D eigenvalue weighted by molar-refractivity contribution is 5.78. The van der Waals surface area contributed by atoms with Gasteiger partial charge in [0, 0.05) is 31.6 Å². The molecule has 0 aromatic heterocycles. The molecule has 0 bridgehead atoms. The predicted octanol–water partition coefficient (Wildman–Crippen LogP) is 7.67. The van der Waals surface area contributed by atoms with E-state index in [1.165, 1.54) is 23.3 Å². The van der Waals surface area contributed by atoms with E-state index in [9.17, 15) is 8.78 Å². The van der Waals surface area contributed by atoms with E-state index in [0.717, 1.165) is 49.3 Å². The average molecular weight is 469 g/mol. The van der Waals surface area contributed by atoms with Gasteiger partial charge in [0.15, 0.2) is 5.72 Å².